The van der Waals surface area contributed by atoms with E-state index in [2.05, 4.69) is 8.96 Å². The third kappa shape index (κ3) is 4.71. The lowest BCUT2D eigenvalue weighted by Crippen LogP contribution is -2.40. The molecule has 1 unspecified atom stereocenters. The second-order valence-electron chi connectivity index (χ2n) is 9.71. The molecule has 0 spiro atoms. The van der Waals surface area contributed by atoms with Crippen molar-refractivity contribution in [3.8, 4) is 0 Å². The molecule has 3 aliphatic rings. The van der Waals surface area contributed by atoms with E-state index in [1.807, 2.05) is 24.8 Å². The van der Waals surface area contributed by atoms with Crippen LogP contribution in [0.3, 0.4) is 0 Å². The zero-order valence-electron chi connectivity index (χ0n) is 20.6. The van der Waals surface area contributed by atoms with Crippen molar-refractivity contribution in [2.45, 2.75) is 57.1 Å². The molecule has 2 fully saturated rings. The molecule has 0 saturated carbocycles. The molecule has 9 nitrogen and oxygen atoms in total. The molecule has 3 aliphatic heterocycles. The predicted molar refractivity (Wildman–Crippen MR) is 133 cm³/mol. The van der Waals surface area contributed by atoms with Crippen LogP contribution >= 0.6 is 0 Å². The molecule has 0 amide bonds. The van der Waals surface area contributed by atoms with Crippen LogP contribution in [-0.2, 0) is 30.8 Å². The van der Waals surface area contributed by atoms with E-state index in [9.17, 15) is 18.0 Å². The number of amidine groups is 1. The first kappa shape index (κ1) is 24.7. The molecular weight excluding hydrogens is 482 g/mol. The molecule has 10 heteroatoms. The number of carbonyl (C=O) groups excluding carboxylic acids is 2. The Morgan fingerprint density at radius 2 is 1.89 bits per heavy atom. The largest absolute Gasteiger partial charge is 0.457 e. The maximum absolute atomic E-state index is 12.9. The Morgan fingerprint density at radius 3 is 2.61 bits per heavy atom. The van der Waals surface area contributed by atoms with Crippen molar-refractivity contribution in [2.75, 3.05) is 26.3 Å². The summed E-state index contributed by atoms with van der Waals surface area (Å²) in [4.78, 5) is 27.7. The Bertz CT molecular complexity index is 1320. The SMILES string of the molecule is Cc1cc(C(=O)COC(=O)C2CCN(C3=NS(=O)(=O)c4ccccc43)CC2)c(C)n1CC1CCCO1. The number of ether oxygens (including phenoxy) is 2. The van der Waals surface area contributed by atoms with Crippen LogP contribution in [0.15, 0.2) is 39.6 Å². The monoisotopic (exact) mass is 513 g/mol. The second kappa shape index (κ2) is 9.82. The summed E-state index contributed by atoms with van der Waals surface area (Å²) >= 11 is 0. The van der Waals surface area contributed by atoms with Gasteiger partial charge in [-0.15, -0.1) is 4.40 Å². The number of aromatic nitrogens is 1. The van der Waals surface area contributed by atoms with Crippen molar-refractivity contribution >= 4 is 27.6 Å². The van der Waals surface area contributed by atoms with Gasteiger partial charge in [-0.3, -0.25) is 9.59 Å². The van der Waals surface area contributed by atoms with Crippen molar-refractivity contribution in [1.82, 2.24) is 9.47 Å². The molecule has 1 aromatic heterocycles. The van der Waals surface area contributed by atoms with Crippen LogP contribution in [0.4, 0.5) is 0 Å². The quantitative estimate of drug-likeness (QED) is 0.432. The molecule has 192 valence electrons. The van der Waals surface area contributed by atoms with Gasteiger partial charge in [0.15, 0.2) is 12.4 Å². The van der Waals surface area contributed by atoms with E-state index in [-0.39, 0.29) is 29.3 Å². The maximum atomic E-state index is 12.9. The summed E-state index contributed by atoms with van der Waals surface area (Å²) < 4.78 is 41.9. The molecule has 0 N–H and O–H groups in total. The van der Waals surface area contributed by atoms with Crippen LogP contribution in [0.25, 0.3) is 0 Å². The highest BCUT2D eigenvalue weighted by atomic mass is 32.2. The summed E-state index contributed by atoms with van der Waals surface area (Å²) in [6.07, 6.45) is 3.26. The third-order valence-corrected chi connectivity index (χ3v) is 8.70. The first-order chi connectivity index (χ1) is 17.2. The number of esters is 1. The van der Waals surface area contributed by atoms with Crippen LogP contribution < -0.4 is 0 Å². The number of nitrogens with zero attached hydrogens (tertiary/aromatic N) is 3. The van der Waals surface area contributed by atoms with E-state index in [0.29, 0.717) is 42.9 Å². The zero-order valence-corrected chi connectivity index (χ0v) is 21.4. The lowest BCUT2D eigenvalue weighted by molar-refractivity contribution is -0.148. The summed E-state index contributed by atoms with van der Waals surface area (Å²) in [6, 6.07) is 8.63. The van der Waals surface area contributed by atoms with Gasteiger partial charge in [-0.2, -0.15) is 8.42 Å². The first-order valence-electron chi connectivity index (χ1n) is 12.4. The van der Waals surface area contributed by atoms with Gasteiger partial charge in [-0.1, -0.05) is 12.1 Å². The van der Waals surface area contributed by atoms with Gasteiger partial charge in [0, 0.05) is 48.8 Å². The number of fused-ring (bicyclic) bond motifs is 1. The fourth-order valence-electron chi connectivity index (χ4n) is 5.33. The molecule has 2 saturated heterocycles. The molecule has 0 bridgehead atoms. The highest BCUT2D eigenvalue weighted by Crippen LogP contribution is 2.30. The Labute approximate surface area is 211 Å². The second-order valence-corrected chi connectivity index (χ2v) is 11.3. The van der Waals surface area contributed by atoms with Gasteiger partial charge >= 0.3 is 5.97 Å². The minimum atomic E-state index is -3.68. The van der Waals surface area contributed by atoms with E-state index >= 15 is 0 Å². The van der Waals surface area contributed by atoms with Gasteiger partial charge in [0.25, 0.3) is 10.0 Å². The number of Topliss-reactive ketones (excluding diaryl/α,β-unsaturated/α-hetero) is 1. The highest BCUT2D eigenvalue weighted by Gasteiger charge is 2.35. The Hall–Kier alpha value is -2.98. The number of carbonyl (C=O) groups is 2. The van der Waals surface area contributed by atoms with E-state index in [1.165, 1.54) is 0 Å². The number of hydrogen-bond donors (Lipinski definition) is 0. The number of benzene rings is 1. The third-order valence-electron chi connectivity index (χ3n) is 7.37. The summed E-state index contributed by atoms with van der Waals surface area (Å²) in [5.74, 6) is -0.507. The normalized spacial score (nSPS) is 21.3. The van der Waals surface area contributed by atoms with Crippen molar-refractivity contribution in [3.63, 3.8) is 0 Å². The number of sulfonamides is 1. The fraction of sp³-hybridized carbons (Fsp3) is 0.500. The molecule has 36 heavy (non-hydrogen) atoms. The topological polar surface area (TPSA) is 107 Å². The van der Waals surface area contributed by atoms with Crippen molar-refractivity contribution in [2.24, 2.45) is 10.3 Å². The molecule has 1 atom stereocenters. The number of hydrogen-bond acceptors (Lipinski definition) is 7. The lowest BCUT2D eigenvalue weighted by atomic mass is 9.96. The van der Waals surface area contributed by atoms with Gasteiger partial charge in [-0.25, -0.2) is 0 Å². The minimum Gasteiger partial charge on any atom is -0.457 e. The number of aryl methyl sites for hydroxylation is 1. The van der Waals surface area contributed by atoms with Gasteiger partial charge in [0.2, 0.25) is 5.78 Å². The van der Waals surface area contributed by atoms with Crippen LogP contribution in [0.5, 0.6) is 0 Å². The van der Waals surface area contributed by atoms with E-state index in [1.54, 1.807) is 24.3 Å². The van der Waals surface area contributed by atoms with Crippen molar-refractivity contribution in [1.29, 1.82) is 0 Å². The molecule has 0 radical (unpaired) electrons. The van der Waals surface area contributed by atoms with Gasteiger partial charge in [0.05, 0.1) is 12.0 Å². The summed E-state index contributed by atoms with van der Waals surface area (Å²) in [5, 5.41) is 0. The highest BCUT2D eigenvalue weighted by molar-refractivity contribution is 7.90. The molecule has 4 heterocycles. The van der Waals surface area contributed by atoms with Crippen LogP contribution in [0.1, 0.15) is 53.0 Å². The smallest absolute Gasteiger partial charge is 0.309 e. The Balaban J connectivity index is 1.15. The van der Waals surface area contributed by atoms with E-state index in [4.69, 9.17) is 9.47 Å². The van der Waals surface area contributed by atoms with Gasteiger partial charge < -0.3 is 18.9 Å². The summed E-state index contributed by atoms with van der Waals surface area (Å²) in [6.45, 7) is 6.07. The average Bonchev–Trinajstić information content (AvgIpc) is 3.56. The predicted octanol–water partition coefficient (Wildman–Crippen LogP) is 2.87. The zero-order chi connectivity index (χ0) is 25.4. The fourth-order valence-corrected chi connectivity index (χ4v) is 6.56. The molecule has 1 aromatic carbocycles. The standard InChI is InChI=1S/C26H31N3O6S/c1-17-14-22(18(2)29(17)15-20-6-5-13-34-20)23(30)16-35-26(31)19-9-11-28(12-10-19)25-21-7-3-4-8-24(21)36(32,33)27-25/h3-4,7-8,14,19-20H,5-6,9-13,15-16H2,1-2H3. The summed E-state index contributed by atoms with van der Waals surface area (Å²) in [7, 11) is -3.68. The minimum absolute atomic E-state index is 0.172. The number of ketones is 1. The number of piperidine rings is 1. The van der Waals surface area contributed by atoms with Crippen LogP contribution in [0, 0.1) is 19.8 Å². The van der Waals surface area contributed by atoms with Crippen LogP contribution in [0.2, 0.25) is 0 Å². The van der Waals surface area contributed by atoms with Gasteiger partial charge in [0.1, 0.15) is 4.90 Å². The molecule has 2 aromatic rings. The molecular formula is C26H31N3O6S. The summed E-state index contributed by atoms with van der Waals surface area (Å²) in [5.41, 5.74) is 3.03. The van der Waals surface area contributed by atoms with Crippen LogP contribution in [-0.4, -0.2) is 67.9 Å². The molecule has 5 rings (SSSR count). The Morgan fingerprint density at radius 1 is 1.14 bits per heavy atom. The van der Waals surface area contributed by atoms with Gasteiger partial charge in [-0.05, 0) is 57.7 Å². The maximum Gasteiger partial charge on any atom is 0.309 e. The van der Waals surface area contributed by atoms with E-state index < -0.39 is 16.0 Å². The van der Waals surface area contributed by atoms with E-state index in [0.717, 1.165) is 37.4 Å². The Kier molecular flexibility index (Phi) is 6.74. The number of likely N-dealkylation sites (tertiary alicyclic amines) is 1. The van der Waals surface area contributed by atoms with Crippen molar-refractivity contribution in [3.05, 3.63) is 52.8 Å². The van der Waals surface area contributed by atoms with Crippen molar-refractivity contribution < 1.29 is 27.5 Å². The lowest BCUT2D eigenvalue weighted by Gasteiger charge is -2.32. The first-order valence-corrected chi connectivity index (χ1v) is 13.9. The number of rotatable bonds is 6. The molecule has 0 aliphatic carbocycles. The average molecular weight is 514 g/mol.